The molecule has 0 saturated carbocycles. The smallest absolute Gasteiger partial charge is 0.433 e. The van der Waals surface area contributed by atoms with Gasteiger partial charge >= 0.3 is 12.1 Å². The molecule has 0 bridgehead atoms. The fourth-order valence-electron chi connectivity index (χ4n) is 1.09. The Morgan fingerprint density at radius 1 is 1.29 bits per heavy atom. The van der Waals surface area contributed by atoms with Crippen molar-refractivity contribution in [3.05, 3.63) is 24.1 Å². The third-order valence-corrected chi connectivity index (χ3v) is 1.69. The van der Waals surface area contributed by atoms with Gasteiger partial charge in [0, 0.05) is 0 Å². The van der Waals surface area contributed by atoms with Gasteiger partial charge in [0.15, 0.2) is 5.58 Å². The van der Waals surface area contributed by atoms with Gasteiger partial charge in [0.2, 0.25) is 0 Å². The molecule has 2 rings (SSSR count). The van der Waals surface area contributed by atoms with Crippen molar-refractivity contribution >= 4 is 16.8 Å². The first-order valence-electron chi connectivity index (χ1n) is 3.71. The van der Waals surface area contributed by atoms with Crippen LogP contribution in [-0.2, 0) is 6.18 Å². The zero-order valence-electron chi connectivity index (χ0n) is 6.80. The normalized spacial score (nSPS) is 12.2. The van der Waals surface area contributed by atoms with Crippen molar-refractivity contribution in [2.24, 2.45) is 0 Å². The van der Waals surface area contributed by atoms with Gasteiger partial charge in [0.1, 0.15) is 5.52 Å². The highest BCUT2D eigenvalue weighted by molar-refractivity contribution is 5.85. The Morgan fingerprint density at radius 2 is 2.00 bits per heavy atom. The minimum Gasteiger partial charge on any atom is -0.433 e. The van der Waals surface area contributed by atoms with Crippen LogP contribution in [0.5, 0.6) is 0 Å². The number of nitrogens with two attached hydrogens (primary N) is 1. The second kappa shape index (κ2) is 2.63. The minimum atomic E-state index is -4.58. The predicted molar refractivity (Wildman–Crippen MR) is 43.4 cm³/mol. The molecule has 0 fully saturated rings. The van der Waals surface area contributed by atoms with Crippen molar-refractivity contribution in [3.8, 4) is 0 Å². The molecule has 0 radical (unpaired) electrons. The number of halogens is 3. The third-order valence-electron chi connectivity index (χ3n) is 1.69. The van der Waals surface area contributed by atoms with Crippen molar-refractivity contribution < 1.29 is 17.6 Å². The first kappa shape index (κ1) is 8.86. The molecule has 6 heteroatoms. The maximum absolute atomic E-state index is 12.2. The van der Waals surface area contributed by atoms with Crippen LogP contribution in [0.2, 0.25) is 0 Å². The number of aromatic nitrogens is 1. The number of nitrogen functional groups attached to an aromatic ring is 1. The third kappa shape index (κ3) is 1.28. The molecular formula is C8H5F3N2O. The molecule has 1 aromatic carbocycles. The van der Waals surface area contributed by atoms with Gasteiger partial charge in [-0.25, -0.2) is 4.98 Å². The number of alkyl halides is 3. The van der Waals surface area contributed by atoms with Crippen LogP contribution >= 0.6 is 0 Å². The molecule has 0 atom stereocenters. The molecule has 14 heavy (non-hydrogen) atoms. The van der Waals surface area contributed by atoms with E-state index in [0.29, 0.717) is 0 Å². The number of hydrogen-bond acceptors (Lipinski definition) is 3. The summed E-state index contributed by atoms with van der Waals surface area (Å²) in [5.41, 5.74) is 5.67. The van der Waals surface area contributed by atoms with Gasteiger partial charge in [-0.05, 0) is 12.1 Å². The molecule has 0 amide bonds. The number of anilines is 1. The van der Waals surface area contributed by atoms with E-state index in [9.17, 15) is 13.2 Å². The van der Waals surface area contributed by atoms with Crippen LogP contribution in [0.3, 0.4) is 0 Å². The van der Waals surface area contributed by atoms with Crippen LogP contribution < -0.4 is 5.73 Å². The summed E-state index contributed by atoms with van der Waals surface area (Å²) in [4.78, 5) is 3.27. The molecule has 0 saturated heterocycles. The Morgan fingerprint density at radius 3 is 2.57 bits per heavy atom. The van der Waals surface area contributed by atoms with E-state index < -0.39 is 12.1 Å². The fourth-order valence-corrected chi connectivity index (χ4v) is 1.09. The zero-order valence-corrected chi connectivity index (χ0v) is 6.80. The number of oxazole rings is 1. The van der Waals surface area contributed by atoms with E-state index in [4.69, 9.17) is 5.73 Å². The van der Waals surface area contributed by atoms with Gasteiger partial charge < -0.3 is 10.2 Å². The second-order valence-electron chi connectivity index (χ2n) is 2.71. The molecule has 2 N–H and O–H groups in total. The Hall–Kier alpha value is -1.72. The molecule has 0 aliphatic carbocycles. The lowest BCUT2D eigenvalue weighted by Gasteiger charge is -1.97. The Labute approximate surface area is 76.3 Å². The molecule has 74 valence electrons. The van der Waals surface area contributed by atoms with Gasteiger partial charge in [-0.15, -0.1) is 0 Å². The number of nitrogens with zero attached hydrogens (tertiary/aromatic N) is 1. The first-order valence-corrected chi connectivity index (χ1v) is 3.71. The van der Waals surface area contributed by atoms with Gasteiger partial charge in [-0.2, -0.15) is 13.2 Å². The van der Waals surface area contributed by atoms with E-state index in [2.05, 4.69) is 9.40 Å². The monoisotopic (exact) mass is 202 g/mol. The Kier molecular flexibility index (Phi) is 1.67. The van der Waals surface area contributed by atoms with Crippen LogP contribution in [0, 0.1) is 0 Å². The summed E-state index contributed by atoms with van der Waals surface area (Å²) >= 11 is 0. The van der Waals surface area contributed by atoms with Gasteiger partial charge in [0.05, 0.1) is 5.69 Å². The van der Waals surface area contributed by atoms with Gasteiger partial charge in [0.25, 0.3) is 0 Å². The van der Waals surface area contributed by atoms with Crippen LogP contribution in [0.1, 0.15) is 5.89 Å². The fraction of sp³-hybridized carbons (Fsp3) is 0.125. The maximum atomic E-state index is 12.2. The topological polar surface area (TPSA) is 52.0 Å². The maximum Gasteiger partial charge on any atom is 0.468 e. The highest BCUT2D eigenvalue weighted by Crippen LogP contribution is 2.32. The van der Waals surface area contributed by atoms with Crippen LogP contribution in [-0.4, -0.2) is 4.98 Å². The number of benzene rings is 1. The number of fused-ring (bicyclic) bond motifs is 1. The van der Waals surface area contributed by atoms with Crippen LogP contribution in [0.4, 0.5) is 18.9 Å². The summed E-state index contributed by atoms with van der Waals surface area (Å²) in [5, 5.41) is 0. The Balaban J connectivity index is 2.69. The summed E-state index contributed by atoms with van der Waals surface area (Å²) < 4.78 is 41.0. The quantitative estimate of drug-likeness (QED) is 0.667. The molecule has 2 aromatic rings. The number of para-hydroxylation sites is 1. The molecule has 0 spiro atoms. The highest BCUT2D eigenvalue weighted by Gasteiger charge is 2.37. The molecule has 1 aromatic heterocycles. The van der Waals surface area contributed by atoms with E-state index >= 15 is 0 Å². The second-order valence-corrected chi connectivity index (χ2v) is 2.71. The summed E-state index contributed by atoms with van der Waals surface area (Å²) in [6, 6.07) is 4.35. The molecule has 1 heterocycles. The lowest BCUT2D eigenvalue weighted by atomic mass is 10.3. The van der Waals surface area contributed by atoms with Gasteiger partial charge in [-0.3, -0.25) is 0 Å². The van der Waals surface area contributed by atoms with Crippen molar-refractivity contribution in [2.45, 2.75) is 6.18 Å². The molecule has 0 aliphatic heterocycles. The molecule has 0 aliphatic rings. The van der Waals surface area contributed by atoms with Crippen molar-refractivity contribution in [1.82, 2.24) is 4.98 Å². The lowest BCUT2D eigenvalue weighted by Crippen LogP contribution is -2.04. The molecule has 3 nitrogen and oxygen atoms in total. The summed E-state index contributed by atoms with van der Waals surface area (Å²) in [5.74, 6) is -1.27. The molecular weight excluding hydrogens is 197 g/mol. The van der Waals surface area contributed by atoms with E-state index in [-0.39, 0.29) is 16.8 Å². The summed E-state index contributed by atoms with van der Waals surface area (Å²) in [6.07, 6.45) is -4.58. The first-order chi connectivity index (χ1) is 6.48. The van der Waals surface area contributed by atoms with Crippen LogP contribution in [0.15, 0.2) is 22.6 Å². The predicted octanol–water partition coefficient (Wildman–Crippen LogP) is 2.43. The SMILES string of the molecule is Nc1cccc2oc(C(F)(F)F)nc12. The number of hydrogen-bond donors (Lipinski definition) is 1. The largest absolute Gasteiger partial charge is 0.468 e. The molecule has 0 unspecified atom stereocenters. The highest BCUT2D eigenvalue weighted by atomic mass is 19.4. The van der Waals surface area contributed by atoms with Gasteiger partial charge in [-0.1, -0.05) is 6.07 Å². The zero-order chi connectivity index (χ0) is 10.3. The standard InChI is InChI=1S/C8H5F3N2O/c9-8(10,11)7-13-6-4(12)2-1-3-5(6)14-7/h1-3H,12H2. The average molecular weight is 202 g/mol. The van der Waals surface area contributed by atoms with E-state index in [1.165, 1.54) is 18.2 Å². The van der Waals surface area contributed by atoms with Crippen molar-refractivity contribution in [2.75, 3.05) is 5.73 Å². The lowest BCUT2D eigenvalue weighted by molar-refractivity contribution is -0.156. The summed E-state index contributed by atoms with van der Waals surface area (Å²) in [7, 11) is 0. The Bertz CT molecular complexity index is 475. The van der Waals surface area contributed by atoms with E-state index in [1.54, 1.807) is 0 Å². The van der Waals surface area contributed by atoms with Crippen LogP contribution in [0.25, 0.3) is 11.1 Å². The summed E-state index contributed by atoms with van der Waals surface area (Å²) in [6.45, 7) is 0. The number of rotatable bonds is 0. The van der Waals surface area contributed by atoms with Crippen molar-refractivity contribution in [1.29, 1.82) is 0 Å². The van der Waals surface area contributed by atoms with E-state index in [1.807, 2.05) is 0 Å². The minimum absolute atomic E-state index is 0.0392. The van der Waals surface area contributed by atoms with E-state index in [0.717, 1.165) is 0 Å². The average Bonchev–Trinajstić information content (AvgIpc) is 2.48. The van der Waals surface area contributed by atoms with Crippen molar-refractivity contribution in [3.63, 3.8) is 0 Å².